The Bertz CT molecular complexity index is 1050. The summed E-state index contributed by atoms with van der Waals surface area (Å²) in [5, 5.41) is 5.10. The van der Waals surface area contributed by atoms with Gasteiger partial charge in [-0.15, -0.1) is 0 Å². The summed E-state index contributed by atoms with van der Waals surface area (Å²) in [5.41, 5.74) is 5.40. The van der Waals surface area contributed by atoms with Crippen LogP contribution < -0.4 is 5.14 Å². The lowest BCUT2D eigenvalue weighted by Crippen LogP contribution is -2.27. The van der Waals surface area contributed by atoms with Crippen molar-refractivity contribution in [1.82, 2.24) is 0 Å². The van der Waals surface area contributed by atoms with Crippen molar-refractivity contribution in [2.45, 2.75) is 42.9 Å². The molecule has 1 atom stereocenters. The van der Waals surface area contributed by atoms with Crippen LogP contribution in [0, 0.1) is 5.41 Å². The van der Waals surface area contributed by atoms with Crippen molar-refractivity contribution in [2.24, 2.45) is 10.6 Å². The second kappa shape index (κ2) is 7.40. The Labute approximate surface area is 186 Å². The molecule has 4 rings (SSSR count). The molecule has 1 spiro atoms. The van der Waals surface area contributed by atoms with Crippen LogP contribution in [0.3, 0.4) is 0 Å². The van der Waals surface area contributed by atoms with Crippen molar-refractivity contribution in [3.05, 3.63) is 62.7 Å². The van der Waals surface area contributed by atoms with Gasteiger partial charge < -0.3 is 4.74 Å². The minimum atomic E-state index is -3.56. The molecule has 8 heteroatoms. The number of methoxy groups -OCH3 is 1. The zero-order valence-electron chi connectivity index (χ0n) is 16.0. The average Bonchev–Trinajstić information content (AvgIpc) is 3.29. The van der Waals surface area contributed by atoms with Crippen LogP contribution in [-0.2, 0) is 20.5 Å². The maximum Gasteiger partial charge on any atom is 0.213 e. The van der Waals surface area contributed by atoms with Crippen molar-refractivity contribution >= 4 is 50.4 Å². The van der Waals surface area contributed by atoms with Crippen LogP contribution in [0.2, 0.25) is 0 Å². The molecule has 156 valence electrons. The zero-order valence-corrected chi connectivity index (χ0v) is 19.1. The third-order valence-electron chi connectivity index (χ3n) is 6.05. The molecule has 0 bridgehead atoms. The number of alkyl halides is 1. The van der Waals surface area contributed by atoms with Crippen molar-refractivity contribution in [1.29, 1.82) is 0 Å². The second-order valence-corrected chi connectivity index (χ2v) is 11.3. The van der Waals surface area contributed by atoms with Crippen LogP contribution in [0.4, 0.5) is 0 Å². The fourth-order valence-electron chi connectivity index (χ4n) is 4.24. The lowest BCUT2D eigenvalue weighted by Gasteiger charge is -2.30. The number of ether oxygens (including phenoxy) is 1. The predicted octanol–water partition coefficient (Wildman–Crippen LogP) is 5.40. The van der Waals surface area contributed by atoms with E-state index >= 15 is 0 Å². The summed E-state index contributed by atoms with van der Waals surface area (Å²) in [5.74, 6) is -0.173. The summed E-state index contributed by atoms with van der Waals surface area (Å²) in [6.45, 7) is 0. The summed E-state index contributed by atoms with van der Waals surface area (Å²) in [6.07, 6.45) is 6.47. The summed E-state index contributed by atoms with van der Waals surface area (Å²) < 4.78 is 28.1. The van der Waals surface area contributed by atoms with Crippen LogP contribution >= 0.6 is 34.8 Å². The first-order valence-corrected chi connectivity index (χ1v) is 12.2. The van der Waals surface area contributed by atoms with E-state index in [2.05, 4.69) is 0 Å². The summed E-state index contributed by atoms with van der Waals surface area (Å²) in [4.78, 5) is 0. The van der Waals surface area contributed by atoms with Gasteiger partial charge in [-0.3, -0.25) is 0 Å². The van der Waals surface area contributed by atoms with E-state index in [-0.39, 0.29) is 5.75 Å². The van der Waals surface area contributed by atoms with Crippen molar-refractivity contribution in [3.8, 4) is 0 Å². The highest BCUT2D eigenvalue weighted by atomic mass is 35.5. The van der Waals surface area contributed by atoms with Gasteiger partial charge in [0.25, 0.3) is 0 Å². The Morgan fingerprint density at radius 1 is 1.07 bits per heavy atom. The molecule has 0 heterocycles. The molecule has 1 saturated carbocycles. The number of halogens is 3. The topological polar surface area (TPSA) is 69.4 Å². The number of hydrogen-bond donors (Lipinski definition) is 1. The van der Waals surface area contributed by atoms with E-state index in [1.807, 2.05) is 30.3 Å². The average molecular weight is 475 g/mol. The molecule has 1 unspecified atom stereocenters. The highest BCUT2D eigenvalue weighted by Gasteiger charge is 2.49. The SMILES string of the molecule is COC1(Cl)CC(Cl)=C(C2=C(c3ccc(CS(N)(=O)=O)cc3)CC3(CC3)C2)C=C1Cl. The first-order valence-electron chi connectivity index (χ1n) is 9.37. The number of allylic oxidation sites excluding steroid dienone is 4. The first kappa shape index (κ1) is 21.4. The van der Waals surface area contributed by atoms with Crippen molar-refractivity contribution < 1.29 is 13.2 Å². The van der Waals surface area contributed by atoms with E-state index < -0.39 is 15.1 Å². The van der Waals surface area contributed by atoms with Gasteiger partial charge in [-0.2, -0.15) is 0 Å². The molecule has 3 aliphatic rings. The second-order valence-electron chi connectivity index (χ2n) is 8.23. The van der Waals surface area contributed by atoms with Crippen molar-refractivity contribution in [2.75, 3.05) is 7.11 Å². The third kappa shape index (κ3) is 4.32. The van der Waals surface area contributed by atoms with E-state index in [4.69, 9.17) is 44.7 Å². The molecule has 3 aliphatic carbocycles. The summed E-state index contributed by atoms with van der Waals surface area (Å²) >= 11 is 19.6. The lowest BCUT2D eigenvalue weighted by molar-refractivity contribution is 0.101. The van der Waals surface area contributed by atoms with Gasteiger partial charge in [0.05, 0.1) is 10.8 Å². The Morgan fingerprint density at radius 3 is 2.24 bits per heavy atom. The molecule has 0 aliphatic heterocycles. The third-order valence-corrected chi connectivity index (χ3v) is 8.12. The molecule has 1 aromatic carbocycles. The van der Waals surface area contributed by atoms with E-state index in [1.165, 1.54) is 31.1 Å². The summed E-state index contributed by atoms with van der Waals surface area (Å²) in [7, 11) is -2.04. The maximum absolute atomic E-state index is 11.3. The molecule has 29 heavy (non-hydrogen) atoms. The smallest absolute Gasteiger partial charge is 0.213 e. The van der Waals surface area contributed by atoms with E-state index in [0.717, 1.165) is 24.0 Å². The lowest BCUT2D eigenvalue weighted by atomic mass is 9.92. The number of nitrogens with two attached hydrogens (primary N) is 1. The maximum atomic E-state index is 11.3. The highest BCUT2D eigenvalue weighted by molar-refractivity contribution is 7.88. The number of sulfonamides is 1. The number of rotatable bonds is 5. The van der Waals surface area contributed by atoms with Gasteiger partial charge >= 0.3 is 0 Å². The molecule has 1 aromatic rings. The number of hydrogen-bond acceptors (Lipinski definition) is 3. The quantitative estimate of drug-likeness (QED) is 0.581. The monoisotopic (exact) mass is 473 g/mol. The van der Waals surface area contributed by atoms with Gasteiger partial charge in [-0.25, -0.2) is 13.6 Å². The van der Waals surface area contributed by atoms with Crippen LogP contribution in [0.1, 0.15) is 43.2 Å². The zero-order chi connectivity index (χ0) is 21.0. The van der Waals surface area contributed by atoms with Crippen LogP contribution in [0.5, 0.6) is 0 Å². The largest absolute Gasteiger partial charge is 0.357 e. The van der Waals surface area contributed by atoms with E-state index in [0.29, 0.717) is 27.5 Å². The molecule has 4 nitrogen and oxygen atoms in total. The Morgan fingerprint density at radius 2 is 1.69 bits per heavy atom. The van der Waals surface area contributed by atoms with E-state index in [9.17, 15) is 8.42 Å². The van der Waals surface area contributed by atoms with Gasteiger partial charge in [0.15, 0.2) is 5.06 Å². The first-order chi connectivity index (χ1) is 13.5. The number of benzene rings is 1. The molecule has 1 fully saturated rings. The van der Waals surface area contributed by atoms with Crippen LogP contribution in [0.25, 0.3) is 5.57 Å². The van der Waals surface area contributed by atoms with Gasteiger partial charge in [0.1, 0.15) is 0 Å². The Hall–Kier alpha value is -0.820. The Kier molecular flexibility index (Phi) is 5.46. The fourth-order valence-corrected chi connectivity index (χ4v) is 5.76. The van der Waals surface area contributed by atoms with Gasteiger partial charge in [0, 0.05) is 18.6 Å². The minimum absolute atomic E-state index is 0.173. The fraction of sp³-hybridized carbons (Fsp3) is 0.429. The highest BCUT2D eigenvalue weighted by Crippen LogP contribution is 2.63. The standard InChI is InChI=1S/C21H22Cl3NO3S/c1-28-21(24)11-18(22)15(8-19(21)23)17-10-20(6-7-20)9-16(17)14-4-2-13(3-5-14)12-29(25,26)27/h2-5,8H,6-7,9-12H2,1H3,(H2,25,26,27). The van der Waals surface area contributed by atoms with Crippen molar-refractivity contribution in [3.63, 3.8) is 0 Å². The Balaban J connectivity index is 1.73. The normalized spacial score (nSPS) is 26.3. The predicted molar refractivity (Wildman–Crippen MR) is 118 cm³/mol. The molecule has 0 saturated heterocycles. The molecular formula is C21H22Cl3NO3S. The molecule has 0 radical (unpaired) electrons. The van der Waals surface area contributed by atoms with Crippen LogP contribution in [0.15, 0.2) is 51.6 Å². The van der Waals surface area contributed by atoms with Gasteiger partial charge in [0.2, 0.25) is 10.0 Å². The van der Waals surface area contributed by atoms with Gasteiger partial charge in [-0.1, -0.05) is 59.1 Å². The molecular weight excluding hydrogens is 453 g/mol. The molecule has 0 aromatic heterocycles. The van der Waals surface area contributed by atoms with Crippen LogP contribution in [-0.4, -0.2) is 20.6 Å². The minimum Gasteiger partial charge on any atom is -0.357 e. The van der Waals surface area contributed by atoms with Gasteiger partial charge in [-0.05, 0) is 65.0 Å². The number of primary sulfonamides is 1. The molecule has 2 N–H and O–H groups in total. The summed E-state index contributed by atoms with van der Waals surface area (Å²) in [6, 6.07) is 7.55. The molecule has 0 amide bonds. The van der Waals surface area contributed by atoms with E-state index in [1.54, 1.807) is 0 Å².